The summed E-state index contributed by atoms with van der Waals surface area (Å²) in [5.41, 5.74) is 0.794. The number of carbonyl (C=O) groups excluding carboxylic acids is 2. The molecule has 6 nitrogen and oxygen atoms in total. The molecule has 2 amide bonds. The number of hydrogen-bond donors (Lipinski definition) is 0. The Hall–Kier alpha value is -2.94. The van der Waals surface area contributed by atoms with Crippen LogP contribution >= 0.6 is 0 Å². The molecule has 2 aliphatic heterocycles. The van der Waals surface area contributed by atoms with Gasteiger partial charge in [0.2, 0.25) is 11.8 Å². The average Bonchev–Trinajstić information content (AvgIpc) is 3.14. The molecule has 0 spiro atoms. The fraction of sp³-hybridized carbons (Fsp3) is 0.435. The fourth-order valence-electron chi connectivity index (χ4n) is 4.29. The minimum Gasteiger partial charge on any atom is -0.340 e. The molecule has 2 aromatic rings. The second-order valence-electron chi connectivity index (χ2n) is 8.34. The normalized spacial score (nSPS) is 20.1. The molecular weight excluding hydrogens is 421 g/mol. The van der Waals surface area contributed by atoms with Crippen LogP contribution in [0.15, 0.2) is 48.8 Å². The second-order valence-corrected chi connectivity index (χ2v) is 8.34. The van der Waals surface area contributed by atoms with E-state index in [1.165, 1.54) is 11.0 Å². The summed E-state index contributed by atoms with van der Waals surface area (Å²) >= 11 is 0. The molecule has 2 fully saturated rings. The smallest absolute Gasteiger partial charge is 0.340 e. The molecule has 0 N–H and O–H groups in total. The maximum atomic E-state index is 13.0. The third-order valence-corrected chi connectivity index (χ3v) is 6.00. The number of hydrogen-bond acceptors (Lipinski definition) is 4. The highest BCUT2D eigenvalue weighted by atomic mass is 19.4. The van der Waals surface area contributed by atoms with E-state index in [9.17, 15) is 22.8 Å². The minimum atomic E-state index is -4.43. The predicted octanol–water partition coefficient (Wildman–Crippen LogP) is 2.79. The Kier molecular flexibility index (Phi) is 6.45. The lowest BCUT2D eigenvalue weighted by Crippen LogP contribution is -2.50. The topological polar surface area (TPSA) is 56.8 Å². The Bertz CT molecular complexity index is 959. The van der Waals surface area contributed by atoms with Gasteiger partial charge < -0.3 is 9.80 Å². The maximum Gasteiger partial charge on any atom is 0.416 e. The van der Waals surface area contributed by atoms with Gasteiger partial charge in [-0.25, -0.2) is 0 Å². The van der Waals surface area contributed by atoms with Gasteiger partial charge >= 0.3 is 6.18 Å². The van der Waals surface area contributed by atoms with Crippen LogP contribution in [0.1, 0.15) is 23.1 Å². The van der Waals surface area contributed by atoms with Crippen molar-refractivity contribution in [3.8, 4) is 0 Å². The molecule has 4 rings (SSSR count). The quantitative estimate of drug-likeness (QED) is 0.709. The number of aromatic nitrogens is 1. The summed E-state index contributed by atoms with van der Waals surface area (Å²) in [7, 11) is 0. The van der Waals surface area contributed by atoms with Crippen molar-refractivity contribution in [1.82, 2.24) is 19.7 Å². The van der Waals surface area contributed by atoms with Gasteiger partial charge in [0.15, 0.2) is 0 Å². The fourth-order valence-corrected chi connectivity index (χ4v) is 4.29. The zero-order valence-corrected chi connectivity index (χ0v) is 17.6. The highest BCUT2D eigenvalue weighted by Crippen LogP contribution is 2.30. The van der Waals surface area contributed by atoms with E-state index in [0.717, 1.165) is 37.3 Å². The number of amides is 2. The van der Waals surface area contributed by atoms with Gasteiger partial charge in [-0.3, -0.25) is 19.5 Å². The second kappa shape index (κ2) is 9.28. The summed E-state index contributed by atoms with van der Waals surface area (Å²) in [5, 5.41) is 0. The van der Waals surface area contributed by atoms with Gasteiger partial charge in [0.1, 0.15) is 0 Å². The van der Waals surface area contributed by atoms with Crippen molar-refractivity contribution < 1.29 is 22.8 Å². The van der Waals surface area contributed by atoms with E-state index in [4.69, 9.17) is 0 Å². The summed E-state index contributed by atoms with van der Waals surface area (Å²) in [6.45, 7) is 3.77. The van der Waals surface area contributed by atoms with Gasteiger partial charge in [-0.05, 0) is 29.3 Å². The van der Waals surface area contributed by atoms with Crippen LogP contribution in [-0.4, -0.2) is 64.2 Å². The van der Waals surface area contributed by atoms with E-state index in [1.54, 1.807) is 17.2 Å². The summed E-state index contributed by atoms with van der Waals surface area (Å²) in [5.74, 6) is -0.694. The summed E-state index contributed by atoms with van der Waals surface area (Å²) < 4.78 is 38.8. The molecule has 0 unspecified atom stereocenters. The van der Waals surface area contributed by atoms with Crippen LogP contribution in [0.2, 0.25) is 0 Å². The number of likely N-dealkylation sites (tertiary alicyclic amines) is 1. The van der Waals surface area contributed by atoms with Crippen molar-refractivity contribution >= 4 is 11.8 Å². The van der Waals surface area contributed by atoms with Crippen LogP contribution in [-0.2, 0) is 28.9 Å². The molecule has 170 valence electrons. The largest absolute Gasteiger partial charge is 0.416 e. The van der Waals surface area contributed by atoms with Gasteiger partial charge in [-0.2, -0.15) is 13.2 Å². The lowest BCUT2D eigenvalue weighted by atomic mass is 10.1. The number of pyridine rings is 1. The molecule has 0 radical (unpaired) electrons. The van der Waals surface area contributed by atoms with Crippen LogP contribution in [0, 0.1) is 5.92 Å². The number of piperazine rings is 1. The summed E-state index contributed by atoms with van der Waals surface area (Å²) in [4.78, 5) is 35.1. The standard InChI is InChI=1S/C23H25F3N4O2/c24-23(25,26)20-5-1-3-17(11-20)15-30-16-19(12-21(30)31)22(32)29-9-7-28(8-10-29)14-18-4-2-6-27-13-18/h1-6,11,13,19H,7-10,12,14-16H2/t19-/m1/s1. The first kappa shape index (κ1) is 22.3. The molecule has 0 aliphatic carbocycles. The first-order valence-electron chi connectivity index (χ1n) is 10.6. The molecule has 0 saturated carbocycles. The molecule has 1 aromatic heterocycles. The van der Waals surface area contributed by atoms with E-state index in [1.807, 2.05) is 18.3 Å². The van der Waals surface area contributed by atoms with Gasteiger partial charge in [0, 0.05) is 64.6 Å². The van der Waals surface area contributed by atoms with Gasteiger partial charge in [-0.15, -0.1) is 0 Å². The molecule has 1 atom stereocenters. The number of benzene rings is 1. The first-order chi connectivity index (χ1) is 15.3. The molecule has 32 heavy (non-hydrogen) atoms. The molecule has 1 aromatic carbocycles. The van der Waals surface area contributed by atoms with Crippen molar-refractivity contribution in [2.45, 2.75) is 25.7 Å². The van der Waals surface area contributed by atoms with Crippen LogP contribution in [0.3, 0.4) is 0 Å². The molecular formula is C23H25F3N4O2. The maximum absolute atomic E-state index is 13.0. The average molecular weight is 446 g/mol. The van der Waals surface area contributed by atoms with E-state index in [-0.39, 0.29) is 31.3 Å². The van der Waals surface area contributed by atoms with Crippen molar-refractivity contribution in [2.24, 2.45) is 5.92 Å². The van der Waals surface area contributed by atoms with Gasteiger partial charge in [0.25, 0.3) is 0 Å². The third kappa shape index (κ3) is 5.27. The Labute approximate surface area is 184 Å². The minimum absolute atomic E-state index is 0.0501. The number of nitrogens with zero attached hydrogens (tertiary/aromatic N) is 4. The van der Waals surface area contributed by atoms with Gasteiger partial charge in [0.05, 0.1) is 11.5 Å². The van der Waals surface area contributed by atoms with E-state index < -0.39 is 17.7 Å². The SMILES string of the molecule is O=C1C[C@@H](C(=O)N2CCN(Cc3cccnc3)CC2)CN1Cc1cccc(C(F)(F)F)c1. The highest BCUT2D eigenvalue weighted by molar-refractivity contribution is 5.89. The highest BCUT2D eigenvalue weighted by Gasteiger charge is 2.37. The van der Waals surface area contributed by atoms with E-state index in [0.29, 0.717) is 18.7 Å². The first-order valence-corrected chi connectivity index (χ1v) is 10.6. The molecule has 2 saturated heterocycles. The zero-order valence-electron chi connectivity index (χ0n) is 17.6. The van der Waals surface area contributed by atoms with E-state index in [2.05, 4.69) is 9.88 Å². The predicted molar refractivity (Wildman–Crippen MR) is 111 cm³/mol. The van der Waals surface area contributed by atoms with Crippen molar-refractivity contribution in [2.75, 3.05) is 32.7 Å². The van der Waals surface area contributed by atoms with Crippen molar-refractivity contribution in [1.29, 1.82) is 0 Å². The van der Waals surface area contributed by atoms with Crippen molar-refractivity contribution in [3.05, 3.63) is 65.5 Å². The Morgan fingerprint density at radius 3 is 2.47 bits per heavy atom. The Morgan fingerprint density at radius 1 is 1.03 bits per heavy atom. The number of rotatable bonds is 5. The van der Waals surface area contributed by atoms with E-state index >= 15 is 0 Å². The molecule has 3 heterocycles. The number of carbonyl (C=O) groups is 2. The van der Waals surface area contributed by atoms with Crippen molar-refractivity contribution in [3.63, 3.8) is 0 Å². The molecule has 9 heteroatoms. The Balaban J connectivity index is 1.30. The van der Waals surface area contributed by atoms with Gasteiger partial charge in [-0.1, -0.05) is 18.2 Å². The molecule has 2 aliphatic rings. The number of alkyl halides is 3. The monoisotopic (exact) mass is 446 g/mol. The van der Waals surface area contributed by atoms with Crippen LogP contribution < -0.4 is 0 Å². The number of halogens is 3. The molecule has 0 bridgehead atoms. The zero-order chi connectivity index (χ0) is 22.7. The summed E-state index contributed by atoms with van der Waals surface area (Å²) in [6.07, 6.45) is -0.754. The lowest BCUT2D eigenvalue weighted by Gasteiger charge is -2.35. The van der Waals surface area contributed by atoms with Crippen LogP contribution in [0.4, 0.5) is 13.2 Å². The van der Waals surface area contributed by atoms with Crippen LogP contribution in [0.25, 0.3) is 0 Å². The third-order valence-electron chi connectivity index (χ3n) is 6.00. The Morgan fingerprint density at radius 2 is 1.78 bits per heavy atom. The van der Waals surface area contributed by atoms with Crippen LogP contribution in [0.5, 0.6) is 0 Å². The summed E-state index contributed by atoms with van der Waals surface area (Å²) in [6, 6.07) is 8.90. The lowest BCUT2D eigenvalue weighted by molar-refractivity contribution is -0.138.